The SMILES string of the molecule is COc1ccc(Br)c2c1/C(=N/OC(=O)c1cccc3ccccc13)CC2. The molecule has 0 unspecified atom stereocenters. The summed E-state index contributed by atoms with van der Waals surface area (Å²) >= 11 is 3.56. The number of hydrogen-bond donors (Lipinski definition) is 0. The van der Waals surface area contributed by atoms with Crippen LogP contribution in [0.4, 0.5) is 0 Å². The fourth-order valence-corrected chi connectivity index (χ4v) is 3.87. The first kappa shape index (κ1) is 16.8. The van der Waals surface area contributed by atoms with Gasteiger partial charge in [0.25, 0.3) is 0 Å². The number of methoxy groups -OCH3 is 1. The van der Waals surface area contributed by atoms with E-state index in [0.717, 1.165) is 44.3 Å². The van der Waals surface area contributed by atoms with E-state index >= 15 is 0 Å². The normalized spacial score (nSPS) is 14.5. The molecule has 0 spiro atoms. The van der Waals surface area contributed by atoms with E-state index in [1.54, 1.807) is 13.2 Å². The molecule has 4 nitrogen and oxygen atoms in total. The Bertz CT molecular complexity index is 1040. The van der Waals surface area contributed by atoms with Crippen molar-refractivity contribution in [2.24, 2.45) is 5.16 Å². The molecule has 0 aromatic heterocycles. The molecule has 0 aliphatic heterocycles. The van der Waals surface area contributed by atoms with E-state index in [0.29, 0.717) is 12.0 Å². The van der Waals surface area contributed by atoms with Gasteiger partial charge in [0.15, 0.2) is 0 Å². The molecular weight excluding hydrogens is 394 g/mol. The highest BCUT2D eigenvalue weighted by Gasteiger charge is 2.25. The van der Waals surface area contributed by atoms with Gasteiger partial charge in [-0.3, -0.25) is 0 Å². The van der Waals surface area contributed by atoms with Gasteiger partial charge >= 0.3 is 5.97 Å². The molecule has 0 heterocycles. The number of ether oxygens (including phenoxy) is 1. The largest absolute Gasteiger partial charge is 0.496 e. The minimum absolute atomic E-state index is 0.461. The highest BCUT2D eigenvalue weighted by Crippen LogP contribution is 2.36. The van der Waals surface area contributed by atoms with Crippen LogP contribution in [0, 0.1) is 0 Å². The maximum absolute atomic E-state index is 12.6. The molecule has 0 saturated carbocycles. The van der Waals surface area contributed by atoms with Crippen molar-refractivity contribution in [3.63, 3.8) is 0 Å². The number of nitrogens with zero attached hydrogens (tertiary/aromatic N) is 1. The topological polar surface area (TPSA) is 47.9 Å². The summed E-state index contributed by atoms with van der Waals surface area (Å²) in [7, 11) is 1.63. The molecule has 3 aromatic carbocycles. The van der Waals surface area contributed by atoms with Crippen LogP contribution in [0.2, 0.25) is 0 Å². The van der Waals surface area contributed by atoms with Crippen LogP contribution in [0.3, 0.4) is 0 Å². The van der Waals surface area contributed by atoms with Gasteiger partial charge in [0.2, 0.25) is 0 Å². The fourth-order valence-electron chi connectivity index (χ4n) is 3.34. The summed E-state index contributed by atoms with van der Waals surface area (Å²) in [6.45, 7) is 0. The molecular formula is C21H16BrNO3. The van der Waals surface area contributed by atoms with Gasteiger partial charge < -0.3 is 9.57 Å². The lowest BCUT2D eigenvalue weighted by Gasteiger charge is -2.09. The fraction of sp³-hybridized carbons (Fsp3) is 0.143. The van der Waals surface area contributed by atoms with Gasteiger partial charge in [-0.1, -0.05) is 57.5 Å². The molecule has 5 heteroatoms. The lowest BCUT2D eigenvalue weighted by molar-refractivity contribution is 0.0518. The average Bonchev–Trinajstić information content (AvgIpc) is 3.11. The number of carbonyl (C=O) groups excluding carboxylic acids is 1. The molecule has 0 bridgehead atoms. The Hall–Kier alpha value is -2.66. The first-order valence-corrected chi connectivity index (χ1v) is 9.10. The summed E-state index contributed by atoms with van der Waals surface area (Å²) in [4.78, 5) is 17.9. The highest BCUT2D eigenvalue weighted by atomic mass is 79.9. The Morgan fingerprint density at radius 2 is 1.85 bits per heavy atom. The van der Waals surface area contributed by atoms with E-state index in [1.807, 2.05) is 48.5 Å². The molecule has 4 rings (SSSR count). The van der Waals surface area contributed by atoms with Crippen LogP contribution < -0.4 is 4.74 Å². The van der Waals surface area contributed by atoms with Crippen LogP contribution in [0.5, 0.6) is 5.75 Å². The molecule has 1 aliphatic carbocycles. The summed E-state index contributed by atoms with van der Waals surface area (Å²) < 4.78 is 6.46. The van der Waals surface area contributed by atoms with E-state index in [9.17, 15) is 4.79 Å². The lowest BCUT2D eigenvalue weighted by atomic mass is 10.1. The van der Waals surface area contributed by atoms with E-state index in [4.69, 9.17) is 9.57 Å². The summed E-state index contributed by atoms with van der Waals surface area (Å²) in [5.74, 6) is 0.275. The molecule has 0 radical (unpaired) electrons. The van der Waals surface area contributed by atoms with Crippen molar-refractivity contribution in [1.29, 1.82) is 0 Å². The minimum atomic E-state index is -0.461. The van der Waals surface area contributed by atoms with Crippen LogP contribution in [-0.4, -0.2) is 18.8 Å². The molecule has 3 aromatic rings. The number of rotatable bonds is 3. The highest BCUT2D eigenvalue weighted by molar-refractivity contribution is 9.10. The third-order valence-corrected chi connectivity index (χ3v) is 5.33. The predicted molar refractivity (Wildman–Crippen MR) is 105 cm³/mol. The number of carbonyl (C=O) groups is 1. The second kappa shape index (κ2) is 6.92. The zero-order valence-electron chi connectivity index (χ0n) is 14.2. The monoisotopic (exact) mass is 409 g/mol. The molecule has 0 atom stereocenters. The Morgan fingerprint density at radius 3 is 2.69 bits per heavy atom. The lowest BCUT2D eigenvalue weighted by Crippen LogP contribution is -2.06. The molecule has 0 fully saturated rings. The number of fused-ring (bicyclic) bond motifs is 2. The summed E-state index contributed by atoms with van der Waals surface area (Å²) in [5, 5.41) is 6.01. The summed E-state index contributed by atoms with van der Waals surface area (Å²) in [5.41, 5.74) is 3.27. The Labute approximate surface area is 159 Å². The van der Waals surface area contributed by atoms with Gasteiger partial charge in [-0.2, -0.15) is 0 Å². The van der Waals surface area contributed by atoms with Gasteiger partial charge in [-0.15, -0.1) is 0 Å². The molecule has 0 saturated heterocycles. The van der Waals surface area contributed by atoms with Crippen LogP contribution in [0.1, 0.15) is 27.9 Å². The van der Waals surface area contributed by atoms with Crippen molar-refractivity contribution in [2.75, 3.05) is 7.11 Å². The minimum Gasteiger partial charge on any atom is -0.496 e. The zero-order valence-corrected chi connectivity index (χ0v) is 15.7. The third kappa shape index (κ3) is 2.88. The first-order chi connectivity index (χ1) is 12.7. The van der Waals surface area contributed by atoms with E-state index in [2.05, 4.69) is 21.1 Å². The van der Waals surface area contributed by atoms with Gasteiger partial charge in [0.1, 0.15) is 5.75 Å². The van der Waals surface area contributed by atoms with Crippen LogP contribution in [0.15, 0.2) is 64.2 Å². The van der Waals surface area contributed by atoms with E-state index in [-0.39, 0.29) is 0 Å². The van der Waals surface area contributed by atoms with Gasteiger partial charge in [-0.05, 0) is 47.4 Å². The van der Waals surface area contributed by atoms with Gasteiger partial charge in [0.05, 0.1) is 18.4 Å². The van der Waals surface area contributed by atoms with E-state index in [1.165, 1.54) is 0 Å². The predicted octanol–water partition coefficient (Wildman–Crippen LogP) is 5.12. The standard InChI is InChI=1S/C21H16BrNO3/c1-25-19-12-10-17(22)16-9-11-18(20(16)19)23-26-21(24)15-8-4-6-13-5-2-3-7-14(13)15/h2-8,10,12H,9,11H2,1H3/b23-18+. The molecule has 130 valence electrons. The quantitative estimate of drug-likeness (QED) is 0.445. The molecule has 26 heavy (non-hydrogen) atoms. The van der Waals surface area contributed by atoms with Crippen molar-refractivity contribution in [1.82, 2.24) is 0 Å². The van der Waals surface area contributed by atoms with Crippen molar-refractivity contribution in [3.8, 4) is 5.75 Å². The Morgan fingerprint density at radius 1 is 1.04 bits per heavy atom. The number of halogens is 1. The van der Waals surface area contributed by atoms with Crippen LogP contribution >= 0.6 is 15.9 Å². The Balaban J connectivity index is 1.66. The average molecular weight is 410 g/mol. The molecule has 0 amide bonds. The van der Waals surface area contributed by atoms with Crippen molar-refractivity contribution < 1.29 is 14.4 Å². The van der Waals surface area contributed by atoms with Crippen LogP contribution in [0.25, 0.3) is 10.8 Å². The number of oxime groups is 1. The van der Waals surface area contributed by atoms with E-state index < -0.39 is 5.97 Å². The molecule has 0 N–H and O–H groups in total. The Kier molecular flexibility index (Phi) is 4.47. The maximum Gasteiger partial charge on any atom is 0.366 e. The van der Waals surface area contributed by atoms with Crippen molar-refractivity contribution >= 4 is 38.4 Å². The number of hydrogen-bond acceptors (Lipinski definition) is 4. The molecule has 1 aliphatic rings. The maximum atomic E-state index is 12.6. The smallest absolute Gasteiger partial charge is 0.366 e. The van der Waals surface area contributed by atoms with Gasteiger partial charge in [0, 0.05) is 10.0 Å². The number of benzene rings is 3. The first-order valence-electron chi connectivity index (χ1n) is 8.30. The summed E-state index contributed by atoms with van der Waals surface area (Å²) in [6, 6.07) is 17.1. The second-order valence-electron chi connectivity index (χ2n) is 6.05. The summed E-state index contributed by atoms with van der Waals surface area (Å²) in [6.07, 6.45) is 1.54. The van der Waals surface area contributed by atoms with Crippen molar-refractivity contribution in [3.05, 3.63) is 75.8 Å². The third-order valence-electron chi connectivity index (χ3n) is 4.59. The van der Waals surface area contributed by atoms with Crippen molar-refractivity contribution in [2.45, 2.75) is 12.8 Å². The van der Waals surface area contributed by atoms with Crippen LogP contribution in [-0.2, 0) is 11.3 Å². The second-order valence-corrected chi connectivity index (χ2v) is 6.90. The zero-order chi connectivity index (χ0) is 18.1. The van der Waals surface area contributed by atoms with Gasteiger partial charge in [-0.25, -0.2) is 4.79 Å².